The molecule has 1 aromatic heterocycles. The van der Waals surface area contributed by atoms with Gasteiger partial charge in [0.1, 0.15) is 18.0 Å². The van der Waals surface area contributed by atoms with Gasteiger partial charge in [0.25, 0.3) is 0 Å². The van der Waals surface area contributed by atoms with E-state index in [0.717, 1.165) is 24.0 Å². The number of pyridine rings is 1. The molecule has 0 radical (unpaired) electrons. The van der Waals surface area contributed by atoms with Crippen molar-refractivity contribution in [2.75, 3.05) is 18.0 Å². The van der Waals surface area contributed by atoms with Crippen molar-refractivity contribution in [2.45, 2.75) is 58.8 Å². The number of hydrogen-bond donors (Lipinski definition) is 0. The zero-order valence-electron chi connectivity index (χ0n) is 18.7. The fourth-order valence-corrected chi connectivity index (χ4v) is 3.59. The SMILES string of the molecule is CCN(C(=O)OC(C)(C)C)c1ccc([C@@H]2CCCN2C(=O)OCc2ccccc2)cn1. The summed E-state index contributed by atoms with van der Waals surface area (Å²) < 4.78 is 11.0. The highest BCUT2D eigenvalue weighted by molar-refractivity contribution is 5.86. The number of hydrogen-bond acceptors (Lipinski definition) is 5. The molecule has 0 spiro atoms. The van der Waals surface area contributed by atoms with Gasteiger partial charge in [0.15, 0.2) is 0 Å². The number of amides is 2. The van der Waals surface area contributed by atoms with Crippen molar-refractivity contribution >= 4 is 18.0 Å². The van der Waals surface area contributed by atoms with E-state index in [0.29, 0.717) is 18.9 Å². The Bertz CT molecular complexity index is 878. The predicted molar refractivity (Wildman–Crippen MR) is 119 cm³/mol. The molecule has 0 aliphatic carbocycles. The van der Waals surface area contributed by atoms with Gasteiger partial charge in [0.05, 0.1) is 6.04 Å². The minimum atomic E-state index is -0.574. The molecule has 0 saturated carbocycles. The fourth-order valence-electron chi connectivity index (χ4n) is 3.59. The highest BCUT2D eigenvalue weighted by Crippen LogP contribution is 2.33. The Labute approximate surface area is 184 Å². The van der Waals surface area contributed by atoms with Crippen molar-refractivity contribution in [3.8, 4) is 0 Å². The molecule has 1 aromatic carbocycles. The van der Waals surface area contributed by atoms with Crippen molar-refractivity contribution < 1.29 is 19.1 Å². The van der Waals surface area contributed by atoms with Crippen LogP contribution < -0.4 is 4.90 Å². The number of carbonyl (C=O) groups is 2. The van der Waals surface area contributed by atoms with Crippen LogP contribution in [-0.4, -0.2) is 40.8 Å². The predicted octanol–water partition coefficient (Wildman–Crippen LogP) is 5.32. The minimum absolute atomic E-state index is 0.0820. The first-order valence-electron chi connectivity index (χ1n) is 10.7. The molecule has 1 fully saturated rings. The van der Waals surface area contributed by atoms with Crippen molar-refractivity contribution in [2.24, 2.45) is 0 Å². The molecule has 1 saturated heterocycles. The van der Waals surface area contributed by atoms with Crippen LogP contribution in [0.3, 0.4) is 0 Å². The standard InChI is InChI=1S/C24H31N3O4/c1-5-26(23(29)31-24(2,3)4)21-14-13-19(16-25-21)20-12-9-15-27(20)22(28)30-17-18-10-7-6-8-11-18/h6-8,10-11,13-14,16,20H,5,9,12,15,17H2,1-4H3/t20-/m0/s1. The molecular formula is C24H31N3O4. The summed E-state index contributed by atoms with van der Waals surface area (Å²) in [6, 6.07) is 13.3. The van der Waals surface area contributed by atoms with Gasteiger partial charge in [-0.1, -0.05) is 36.4 Å². The Morgan fingerprint density at radius 3 is 2.52 bits per heavy atom. The topological polar surface area (TPSA) is 72.0 Å². The molecule has 2 aromatic rings. The number of benzene rings is 1. The number of nitrogens with zero attached hydrogens (tertiary/aromatic N) is 3. The lowest BCUT2D eigenvalue weighted by Gasteiger charge is -2.27. The van der Waals surface area contributed by atoms with Gasteiger partial charge in [-0.25, -0.2) is 14.6 Å². The van der Waals surface area contributed by atoms with Gasteiger partial charge in [0.2, 0.25) is 0 Å². The summed E-state index contributed by atoms with van der Waals surface area (Å²) >= 11 is 0. The van der Waals surface area contributed by atoms with Gasteiger partial charge in [-0.3, -0.25) is 4.90 Å². The maximum absolute atomic E-state index is 12.7. The number of carbonyl (C=O) groups excluding carboxylic acids is 2. The van der Waals surface area contributed by atoms with Crippen LogP contribution in [0.2, 0.25) is 0 Å². The Morgan fingerprint density at radius 1 is 1.16 bits per heavy atom. The summed E-state index contributed by atoms with van der Waals surface area (Å²) in [6.07, 6.45) is 2.74. The van der Waals surface area contributed by atoms with Crippen LogP contribution in [0.5, 0.6) is 0 Å². The van der Waals surface area contributed by atoms with E-state index in [4.69, 9.17) is 9.47 Å². The summed E-state index contributed by atoms with van der Waals surface area (Å²) in [5, 5.41) is 0. The molecule has 1 atom stereocenters. The lowest BCUT2D eigenvalue weighted by Crippen LogP contribution is -2.37. The van der Waals surface area contributed by atoms with Crippen molar-refractivity contribution in [1.82, 2.24) is 9.88 Å². The maximum atomic E-state index is 12.7. The first kappa shape index (κ1) is 22.6. The smallest absolute Gasteiger partial charge is 0.415 e. The zero-order chi connectivity index (χ0) is 22.4. The third-order valence-electron chi connectivity index (χ3n) is 5.05. The molecule has 0 unspecified atom stereocenters. The van der Waals surface area contributed by atoms with Crippen LogP contribution >= 0.6 is 0 Å². The van der Waals surface area contributed by atoms with Crippen LogP contribution in [0, 0.1) is 0 Å². The number of ether oxygens (including phenoxy) is 2. The first-order chi connectivity index (χ1) is 14.8. The molecule has 0 bridgehead atoms. The normalized spacial score (nSPS) is 16.1. The van der Waals surface area contributed by atoms with E-state index in [2.05, 4.69) is 4.98 Å². The van der Waals surface area contributed by atoms with Crippen LogP contribution in [0.4, 0.5) is 15.4 Å². The van der Waals surface area contributed by atoms with E-state index in [1.807, 2.05) is 64.1 Å². The molecule has 2 amide bonds. The Morgan fingerprint density at radius 2 is 1.90 bits per heavy atom. The Hall–Kier alpha value is -3.09. The van der Waals surface area contributed by atoms with Gasteiger partial charge < -0.3 is 14.4 Å². The lowest BCUT2D eigenvalue weighted by molar-refractivity contribution is 0.0581. The van der Waals surface area contributed by atoms with Crippen molar-refractivity contribution in [3.05, 3.63) is 59.8 Å². The molecule has 0 N–H and O–H groups in total. The van der Waals surface area contributed by atoms with Gasteiger partial charge in [-0.2, -0.15) is 0 Å². The van der Waals surface area contributed by atoms with E-state index < -0.39 is 11.7 Å². The Kier molecular flexibility index (Phi) is 7.15. The average molecular weight is 426 g/mol. The second-order valence-corrected chi connectivity index (χ2v) is 8.57. The number of likely N-dealkylation sites (tertiary alicyclic amines) is 1. The maximum Gasteiger partial charge on any atom is 0.415 e. The molecule has 31 heavy (non-hydrogen) atoms. The summed E-state index contributed by atoms with van der Waals surface area (Å²) in [4.78, 5) is 32.8. The lowest BCUT2D eigenvalue weighted by atomic mass is 10.1. The molecule has 166 valence electrons. The highest BCUT2D eigenvalue weighted by Gasteiger charge is 2.31. The Balaban J connectivity index is 1.66. The summed E-state index contributed by atoms with van der Waals surface area (Å²) in [6.45, 7) is 8.73. The number of anilines is 1. The van der Waals surface area contributed by atoms with Crippen molar-refractivity contribution in [3.63, 3.8) is 0 Å². The van der Waals surface area contributed by atoms with E-state index >= 15 is 0 Å². The van der Waals surface area contributed by atoms with Crippen LogP contribution in [0.25, 0.3) is 0 Å². The monoisotopic (exact) mass is 425 g/mol. The largest absolute Gasteiger partial charge is 0.445 e. The van der Waals surface area contributed by atoms with E-state index in [1.165, 1.54) is 4.90 Å². The third kappa shape index (κ3) is 5.96. The molecule has 7 heteroatoms. The summed E-state index contributed by atoms with van der Waals surface area (Å²) in [7, 11) is 0. The number of rotatable bonds is 5. The van der Waals surface area contributed by atoms with E-state index in [1.54, 1.807) is 17.2 Å². The van der Waals surface area contributed by atoms with Crippen LogP contribution in [0.1, 0.15) is 57.7 Å². The van der Waals surface area contributed by atoms with Gasteiger partial charge in [-0.15, -0.1) is 0 Å². The van der Waals surface area contributed by atoms with Gasteiger partial charge >= 0.3 is 12.2 Å². The zero-order valence-corrected chi connectivity index (χ0v) is 18.7. The highest BCUT2D eigenvalue weighted by atomic mass is 16.6. The van der Waals surface area contributed by atoms with Crippen molar-refractivity contribution in [1.29, 1.82) is 0 Å². The van der Waals surface area contributed by atoms with Gasteiger partial charge in [-0.05, 0) is 57.7 Å². The second-order valence-electron chi connectivity index (χ2n) is 8.57. The molecule has 1 aliphatic rings. The summed E-state index contributed by atoms with van der Waals surface area (Å²) in [5.41, 5.74) is 1.31. The molecule has 1 aliphatic heterocycles. The van der Waals surface area contributed by atoms with Crippen LogP contribution in [-0.2, 0) is 16.1 Å². The molecule has 7 nitrogen and oxygen atoms in total. The molecule has 3 rings (SSSR count). The number of aromatic nitrogens is 1. The average Bonchev–Trinajstić information content (AvgIpc) is 3.22. The quantitative estimate of drug-likeness (QED) is 0.649. The molecular weight excluding hydrogens is 394 g/mol. The molecule has 2 heterocycles. The summed E-state index contributed by atoms with van der Waals surface area (Å²) in [5.74, 6) is 0.525. The first-order valence-corrected chi connectivity index (χ1v) is 10.7. The van der Waals surface area contributed by atoms with Gasteiger partial charge in [0, 0.05) is 19.3 Å². The van der Waals surface area contributed by atoms with E-state index in [9.17, 15) is 9.59 Å². The fraction of sp³-hybridized carbons (Fsp3) is 0.458. The second kappa shape index (κ2) is 9.81. The third-order valence-corrected chi connectivity index (χ3v) is 5.05. The van der Waals surface area contributed by atoms with Crippen LogP contribution in [0.15, 0.2) is 48.7 Å². The minimum Gasteiger partial charge on any atom is -0.445 e. The van der Waals surface area contributed by atoms with E-state index in [-0.39, 0.29) is 18.7 Å².